The highest BCUT2D eigenvalue weighted by atomic mass is 35.5. The Morgan fingerprint density at radius 3 is 2.44 bits per heavy atom. The Hall–Kier alpha value is -2.11. The molecule has 6 heteroatoms. The zero-order chi connectivity index (χ0) is 22.0. The summed E-state index contributed by atoms with van der Waals surface area (Å²) in [7, 11) is 0. The number of rotatable bonds is 5. The average Bonchev–Trinajstić information content (AvgIpc) is 2.81. The summed E-state index contributed by atoms with van der Waals surface area (Å²) in [6.07, 6.45) is 7.26. The minimum Gasteiger partial charge on any atom is -0.354 e. The molecule has 2 aliphatic heterocycles. The maximum absolute atomic E-state index is 13.7. The van der Waals surface area contributed by atoms with Crippen molar-refractivity contribution in [1.82, 2.24) is 14.8 Å². The fraction of sp³-hybridized carbons (Fsp3) is 0.538. The van der Waals surface area contributed by atoms with E-state index >= 15 is 0 Å². The Balaban J connectivity index is 1.18. The molecule has 3 heterocycles. The summed E-state index contributed by atoms with van der Waals surface area (Å²) in [5.41, 5.74) is 0.826. The number of hydrogen-bond donors (Lipinski definition) is 0. The molecular formula is C26H33ClN4O. The van der Waals surface area contributed by atoms with Crippen LogP contribution in [0.4, 0.5) is 5.82 Å². The maximum Gasteiger partial charge on any atom is 0.233 e. The largest absolute Gasteiger partial charge is 0.354 e. The number of aromatic nitrogens is 1. The molecule has 1 saturated carbocycles. The number of likely N-dealkylation sites (tertiary alicyclic amines) is 1. The molecule has 2 saturated heterocycles. The molecule has 3 aliphatic rings. The summed E-state index contributed by atoms with van der Waals surface area (Å²) in [6, 6.07) is 14.1. The molecule has 2 aromatic rings. The molecule has 170 valence electrons. The van der Waals surface area contributed by atoms with Gasteiger partial charge < -0.3 is 9.80 Å². The van der Waals surface area contributed by atoms with Gasteiger partial charge in [-0.15, -0.1) is 0 Å². The molecule has 3 fully saturated rings. The first kappa shape index (κ1) is 21.7. The normalized spacial score (nSPS) is 23.6. The highest BCUT2D eigenvalue weighted by molar-refractivity contribution is 6.30. The molecule has 0 spiro atoms. The first-order chi connectivity index (χ1) is 15.6. The van der Waals surface area contributed by atoms with Crippen molar-refractivity contribution in [3.05, 3.63) is 59.2 Å². The number of pyridine rings is 1. The van der Waals surface area contributed by atoms with Gasteiger partial charge in [0.15, 0.2) is 0 Å². The van der Waals surface area contributed by atoms with E-state index in [1.807, 2.05) is 24.4 Å². The first-order valence-corrected chi connectivity index (χ1v) is 12.5. The summed E-state index contributed by atoms with van der Waals surface area (Å²) >= 11 is 6.10. The number of carbonyl (C=O) groups is 1. The summed E-state index contributed by atoms with van der Waals surface area (Å²) in [4.78, 5) is 25.3. The van der Waals surface area contributed by atoms with Crippen LogP contribution in [-0.4, -0.2) is 66.5 Å². The van der Waals surface area contributed by atoms with Crippen LogP contribution >= 0.6 is 11.6 Å². The van der Waals surface area contributed by atoms with Crippen molar-refractivity contribution >= 4 is 23.3 Å². The van der Waals surface area contributed by atoms with Gasteiger partial charge in [-0.2, -0.15) is 0 Å². The van der Waals surface area contributed by atoms with Crippen molar-refractivity contribution in [3.63, 3.8) is 0 Å². The Morgan fingerprint density at radius 1 is 1.00 bits per heavy atom. The number of amides is 1. The van der Waals surface area contributed by atoms with E-state index in [1.165, 1.54) is 6.42 Å². The van der Waals surface area contributed by atoms with Crippen LogP contribution in [0.15, 0.2) is 48.7 Å². The van der Waals surface area contributed by atoms with Crippen molar-refractivity contribution in [2.45, 2.75) is 37.5 Å². The van der Waals surface area contributed by atoms with Gasteiger partial charge in [-0.05, 0) is 61.4 Å². The van der Waals surface area contributed by atoms with Gasteiger partial charge in [0, 0.05) is 57.0 Å². The number of piperazine rings is 1. The summed E-state index contributed by atoms with van der Waals surface area (Å²) in [6.45, 7) is 7.06. The highest BCUT2D eigenvalue weighted by Gasteiger charge is 2.48. The standard InChI is InChI=1S/C26H33ClN4O/c27-23-9-7-22(8-10-23)26(11-4-12-26)25(32)31-14-3-5-21(20-31)19-29-15-17-30(18-16-29)24-6-1-2-13-28-24/h1-2,6-10,13,21H,3-5,11-12,14-20H2. The average molecular weight is 453 g/mol. The van der Waals surface area contributed by atoms with Gasteiger partial charge in [-0.25, -0.2) is 4.98 Å². The summed E-state index contributed by atoms with van der Waals surface area (Å²) in [5, 5.41) is 0.733. The molecule has 1 amide bonds. The lowest BCUT2D eigenvalue weighted by Crippen LogP contribution is -2.55. The van der Waals surface area contributed by atoms with Crippen LogP contribution in [-0.2, 0) is 10.2 Å². The van der Waals surface area contributed by atoms with E-state index in [0.29, 0.717) is 11.8 Å². The molecule has 5 nitrogen and oxygen atoms in total. The van der Waals surface area contributed by atoms with Crippen LogP contribution in [0, 0.1) is 5.92 Å². The van der Waals surface area contributed by atoms with Gasteiger partial charge in [0.1, 0.15) is 5.82 Å². The molecule has 5 rings (SSSR count). The van der Waals surface area contributed by atoms with E-state index in [0.717, 1.165) is 87.9 Å². The van der Waals surface area contributed by atoms with E-state index in [1.54, 1.807) is 0 Å². The third kappa shape index (κ3) is 4.38. The molecule has 1 unspecified atom stereocenters. The molecule has 32 heavy (non-hydrogen) atoms. The Morgan fingerprint density at radius 2 is 1.78 bits per heavy atom. The number of benzene rings is 1. The number of nitrogens with zero attached hydrogens (tertiary/aromatic N) is 4. The van der Waals surface area contributed by atoms with E-state index in [-0.39, 0.29) is 5.41 Å². The van der Waals surface area contributed by atoms with Crippen molar-refractivity contribution in [3.8, 4) is 0 Å². The summed E-state index contributed by atoms with van der Waals surface area (Å²) in [5.74, 6) is 1.99. The first-order valence-electron chi connectivity index (χ1n) is 12.1. The van der Waals surface area contributed by atoms with Crippen molar-refractivity contribution < 1.29 is 4.79 Å². The quantitative estimate of drug-likeness (QED) is 0.681. The second kappa shape index (κ2) is 9.40. The molecule has 1 atom stereocenters. The second-order valence-electron chi connectivity index (χ2n) is 9.68. The van der Waals surface area contributed by atoms with Gasteiger partial charge in [0.2, 0.25) is 5.91 Å². The monoisotopic (exact) mass is 452 g/mol. The summed E-state index contributed by atoms with van der Waals surface area (Å²) < 4.78 is 0. The SMILES string of the molecule is O=C(N1CCCC(CN2CCN(c3ccccn3)CC2)C1)C1(c2ccc(Cl)cc2)CCC1. The minimum absolute atomic E-state index is 0.319. The van der Waals surface area contributed by atoms with Crippen LogP contribution in [0.3, 0.4) is 0 Å². The van der Waals surface area contributed by atoms with Gasteiger partial charge in [0.05, 0.1) is 5.41 Å². The topological polar surface area (TPSA) is 39.7 Å². The molecule has 0 N–H and O–H groups in total. The predicted octanol–water partition coefficient (Wildman–Crippen LogP) is 4.22. The predicted molar refractivity (Wildman–Crippen MR) is 129 cm³/mol. The Kier molecular flexibility index (Phi) is 6.38. The van der Waals surface area contributed by atoms with Crippen LogP contribution in [0.25, 0.3) is 0 Å². The van der Waals surface area contributed by atoms with Gasteiger partial charge >= 0.3 is 0 Å². The second-order valence-corrected chi connectivity index (χ2v) is 10.1. The van der Waals surface area contributed by atoms with Crippen molar-refractivity contribution in [1.29, 1.82) is 0 Å². The third-order valence-electron chi connectivity index (χ3n) is 7.68. The van der Waals surface area contributed by atoms with Gasteiger partial charge in [-0.3, -0.25) is 9.69 Å². The Labute approximate surface area is 196 Å². The number of hydrogen-bond acceptors (Lipinski definition) is 4. The molecule has 1 aromatic heterocycles. The Bertz CT molecular complexity index is 907. The maximum atomic E-state index is 13.7. The van der Waals surface area contributed by atoms with Crippen LogP contribution in [0.2, 0.25) is 5.02 Å². The molecule has 1 aromatic carbocycles. The lowest BCUT2D eigenvalue weighted by atomic mass is 9.63. The minimum atomic E-state index is -0.319. The van der Waals surface area contributed by atoms with Crippen molar-refractivity contribution in [2.75, 3.05) is 50.7 Å². The van der Waals surface area contributed by atoms with Crippen LogP contribution in [0.5, 0.6) is 0 Å². The number of piperidine rings is 1. The zero-order valence-corrected chi connectivity index (χ0v) is 19.5. The van der Waals surface area contributed by atoms with Crippen LogP contribution < -0.4 is 4.90 Å². The molecular weight excluding hydrogens is 420 g/mol. The van der Waals surface area contributed by atoms with E-state index in [9.17, 15) is 4.79 Å². The number of halogens is 1. The number of anilines is 1. The van der Waals surface area contributed by atoms with E-state index in [4.69, 9.17) is 11.6 Å². The van der Waals surface area contributed by atoms with Crippen molar-refractivity contribution in [2.24, 2.45) is 5.92 Å². The van der Waals surface area contributed by atoms with E-state index in [2.05, 4.69) is 43.9 Å². The fourth-order valence-corrected chi connectivity index (χ4v) is 5.82. The lowest BCUT2D eigenvalue weighted by molar-refractivity contribution is -0.143. The zero-order valence-electron chi connectivity index (χ0n) is 18.8. The third-order valence-corrected chi connectivity index (χ3v) is 7.93. The molecule has 1 aliphatic carbocycles. The highest BCUT2D eigenvalue weighted by Crippen LogP contribution is 2.46. The van der Waals surface area contributed by atoms with E-state index < -0.39 is 0 Å². The van der Waals surface area contributed by atoms with Gasteiger partial charge in [-0.1, -0.05) is 36.2 Å². The van der Waals surface area contributed by atoms with Crippen LogP contribution in [0.1, 0.15) is 37.7 Å². The van der Waals surface area contributed by atoms with Gasteiger partial charge in [0.25, 0.3) is 0 Å². The smallest absolute Gasteiger partial charge is 0.233 e. The number of carbonyl (C=O) groups excluding carboxylic acids is 1. The fourth-order valence-electron chi connectivity index (χ4n) is 5.69. The lowest BCUT2D eigenvalue weighted by Gasteiger charge is -2.46. The molecule has 0 bridgehead atoms. The molecule has 0 radical (unpaired) electrons.